The average molecular weight is 385 g/mol. The van der Waals surface area contributed by atoms with Gasteiger partial charge in [0.25, 0.3) is 3.79 Å². The topological polar surface area (TPSA) is 30.8 Å². The predicted molar refractivity (Wildman–Crippen MR) is 98.9 cm³/mol. The molecule has 1 aliphatic rings. The molecule has 0 aromatic heterocycles. The van der Waals surface area contributed by atoms with Crippen molar-refractivity contribution in [1.29, 1.82) is 0 Å². The third kappa shape index (κ3) is 4.09. The van der Waals surface area contributed by atoms with Crippen LogP contribution in [-0.2, 0) is 9.16 Å². The average Bonchev–Trinajstić information content (AvgIpc) is 2.80. The maximum atomic E-state index is 6.42. The minimum Gasteiger partial charge on any atom is -0.475 e. The molecule has 126 valence electrons. The van der Waals surface area contributed by atoms with Crippen LogP contribution in [0, 0.1) is 0 Å². The van der Waals surface area contributed by atoms with Crippen LogP contribution in [0.15, 0.2) is 30.3 Å². The Morgan fingerprint density at radius 2 is 1.86 bits per heavy atom. The fraction of sp³-hybridized carbons (Fsp3) is 0.667. The number of hydrogen-bond donors (Lipinski definition) is 0. The summed E-state index contributed by atoms with van der Waals surface area (Å²) in [4.78, 5) is 4.45. The van der Waals surface area contributed by atoms with Crippen LogP contribution in [0.25, 0.3) is 0 Å². The summed E-state index contributed by atoms with van der Waals surface area (Å²) in [7, 11) is -2.03. The van der Waals surface area contributed by atoms with Gasteiger partial charge in [-0.25, -0.2) is 4.99 Å². The molecule has 22 heavy (non-hydrogen) atoms. The second-order valence-electron chi connectivity index (χ2n) is 6.93. The fourth-order valence-corrected chi connectivity index (χ4v) is 3.38. The van der Waals surface area contributed by atoms with Crippen LogP contribution in [0.4, 0.5) is 0 Å². The molecule has 0 aromatic rings. The van der Waals surface area contributed by atoms with Crippen LogP contribution >= 0.6 is 34.8 Å². The maximum absolute atomic E-state index is 6.42. The van der Waals surface area contributed by atoms with Crippen molar-refractivity contribution < 1.29 is 9.16 Å². The molecule has 0 fully saturated rings. The lowest BCUT2D eigenvalue weighted by Crippen LogP contribution is -2.50. The molecular formula is C15H24Cl3NO2Si. The smallest absolute Gasteiger partial charge is 0.266 e. The third-order valence-corrected chi connectivity index (χ3v) is 9.22. The number of ether oxygens (including phenoxy) is 1. The van der Waals surface area contributed by atoms with E-state index >= 15 is 0 Å². The molecule has 0 spiro atoms. The lowest BCUT2D eigenvalue weighted by Gasteiger charge is -2.41. The van der Waals surface area contributed by atoms with Crippen LogP contribution < -0.4 is 0 Å². The summed E-state index contributed by atoms with van der Waals surface area (Å²) < 4.78 is 10.2. The van der Waals surface area contributed by atoms with Crippen LogP contribution in [0.2, 0.25) is 18.1 Å². The van der Waals surface area contributed by atoms with E-state index in [1.165, 1.54) is 0 Å². The van der Waals surface area contributed by atoms with Crippen molar-refractivity contribution >= 4 is 49.0 Å². The first-order valence-corrected chi connectivity index (χ1v) is 11.1. The van der Waals surface area contributed by atoms with Gasteiger partial charge >= 0.3 is 0 Å². The first-order chi connectivity index (χ1) is 9.79. The first kappa shape index (κ1) is 20.0. The van der Waals surface area contributed by atoms with Gasteiger partial charge in [-0.15, -0.1) is 13.2 Å². The molecule has 0 bridgehead atoms. The van der Waals surface area contributed by atoms with Gasteiger partial charge in [0.05, 0.1) is 6.10 Å². The Bertz CT molecular complexity index is 480. The van der Waals surface area contributed by atoms with Crippen molar-refractivity contribution in [3.05, 3.63) is 25.3 Å². The molecular weight excluding hydrogens is 361 g/mol. The quantitative estimate of drug-likeness (QED) is 0.366. The van der Waals surface area contributed by atoms with Gasteiger partial charge in [-0.2, -0.15) is 0 Å². The molecule has 1 rings (SSSR count). The number of aliphatic imine (C=N–C) groups is 1. The van der Waals surface area contributed by atoms with Crippen LogP contribution in [0.5, 0.6) is 0 Å². The highest BCUT2D eigenvalue weighted by molar-refractivity contribution is 6.76. The summed E-state index contributed by atoms with van der Waals surface area (Å²) >= 11 is 17.6. The Hall–Kier alpha value is -0.00312. The highest BCUT2D eigenvalue weighted by Gasteiger charge is 2.49. The normalized spacial score (nSPS) is 24.5. The minimum atomic E-state index is -2.03. The van der Waals surface area contributed by atoms with Gasteiger partial charge in [0.15, 0.2) is 8.32 Å². The van der Waals surface area contributed by atoms with Crippen molar-refractivity contribution in [2.45, 2.75) is 54.3 Å². The number of nitrogens with zero attached hydrogens (tertiary/aromatic N) is 1. The molecule has 0 N–H and O–H groups in total. The van der Waals surface area contributed by atoms with E-state index in [4.69, 9.17) is 44.0 Å². The second kappa shape index (κ2) is 6.48. The van der Waals surface area contributed by atoms with Crippen molar-refractivity contribution in [2.24, 2.45) is 4.99 Å². The SMILES string of the molecule is C=C[C@@H](O[Si](C)(C)C(C)(C)C)[C@@]1(C=C)COC(C(Cl)(Cl)Cl)=N1. The van der Waals surface area contributed by atoms with Crippen molar-refractivity contribution in [1.82, 2.24) is 0 Å². The summed E-state index contributed by atoms with van der Waals surface area (Å²) in [6.45, 7) is 18.8. The summed E-state index contributed by atoms with van der Waals surface area (Å²) in [5.41, 5.74) is -0.823. The van der Waals surface area contributed by atoms with Crippen molar-refractivity contribution in [2.75, 3.05) is 6.61 Å². The molecule has 7 heteroatoms. The Kier molecular flexibility index (Phi) is 5.90. The molecule has 0 saturated heterocycles. The molecule has 2 atom stereocenters. The molecule has 0 saturated carbocycles. The molecule has 0 radical (unpaired) electrons. The molecule has 1 aliphatic heterocycles. The third-order valence-electron chi connectivity index (χ3n) is 4.28. The Morgan fingerprint density at radius 1 is 1.32 bits per heavy atom. The van der Waals surface area contributed by atoms with E-state index in [-0.39, 0.29) is 17.5 Å². The molecule has 3 nitrogen and oxygen atoms in total. The lowest BCUT2D eigenvalue weighted by atomic mass is 9.95. The highest BCUT2D eigenvalue weighted by Crippen LogP contribution is 2.41. The summed E-state index contributed by atoms with van der Waals surface area (Å²) in [5, 5.41) is 0.0534. The second-order valence-corrected chi connectivity index (χ2v) is 14.0. The Balaban J connectivity index is 3.15. The van der Waals surface area contributed by atoms with Gasteiger partial charge in [-0.1, -0.05) is 67.7 Å². The maximum Gasteiger partial charge on any atom is 0.266 e. The van der Waals surface area contributed by atoms with E-state index in [0.717, 1.165) is 0 Å². The van der Waals surface area contributed by atoms with E-state index in [0.29, 0.717) is 0 Å². The molecule has 0 unspecified atom stereocenters. The van der Waals surface area contributed by atoms with E-state index in [1.807, 2.05) is 0 Å². The molecule has 0 amide bonds. The summed E-state index contributed by atoms with van der Waals surface area (Å²) in [5.74, 6) is 0.0584. The lowest BCUT2D eigenvalue weighted by molar-refractivity contribution is 0.136. The van der Waals surface area contributed by atoms with E-state index in [9.17, 15) is 0 Å². The standard InChI is InChI=1S/C15H24Cl3NO2Si/c1-8-11(21-22(6,7)13(3,4)5)14(9-2)10-20-12(19-14)15(16,17)18/h8-9,11H,1-2,10H2,3-7H3/t11-,14-/m1/s1. The number of halogens is 3. The Labute approximate surface area is 149 Å². The largest absolute Gasteiger partial charge is 0.475 e. The van der Waals surface area contributed by atoms with Crippen molar-refractivity contribution in [3.63, 3.8) is 0 Å². The Morgan fingerprint density at radius 3 is 2.18 bits per heavy atom. The molecule has 0 aliphatic carbocycles. The van der Waals surface area contributed by atoms with E-state index < -0.39 is 23.8 Å². The van der Waals surface area contributed by atoms with Crippen LogP contribution in [0.1, 0.15) is 20.8 Å². The molecule has 1 heterocycles. The highest BCUT2D eigenvalue weighted by atomic mass is 35.6. The first-order valence-electron chi connectivity index (χ1n) is 7.03. The van der Waals surface area contributed by atoms with Gasteiger partial charge < -0.3 is 9.16 Å². The zero-order valence-corrected chi connectivity index (χ0v) is 17.0. The van der Waals surface area contributed by atoms with Crippen molar-refractivity contribution in [3.8, 4) is 0 Å². The molecule has 0 aromatic carbocycles. The van der Waals surface area contributed by atoms with Gasteiger partial charge in [0.1, 0.15) is 12.1 Å². The van der Waals surface area contributed by atoms with Gasteiger partial charge in [-0.05, 0) is 18.1 Å². The number of alkyl halides is 3. The summed E-state index contributed by atoms with van der Waals surface area (Å²) in [6, 6.07) is 0. The van der Waals surface area contributed by atoms with Crippen LogP contribution in [-0.4, -0.2) is 36.3 Å². The fourth-order valence-electron chi connectivity index (χ4n) is 1.80. The van der Waals surface area contributed by atoms with Gasteiger partial charge in [-0.3, -0.25) is 0 Å². The number of rotatable bonds is 5. The minimum absolute atomic E-state index is 0.0534. The van der Waals surface area contributed by atoms with E-state index in [2.05, 4.69) is 52.0 Å². The monoisotopic (exact) mass is 383 g/mol. The summed E-state index contributed by atoms with van der Waals surface area (Å²) in [6.07, 6.45) is 3.00. The van der Waals surface area contributed by atoms with Gasteiger partial charge in [0, 0.05) is 0 Å². The van der Waals surface area contributed by atoms with Gasteiger partial charge in [0.2, 0.25) is 5.90 Å². The van der Waals surface area contributed by atoms with Crippen LogP contribution in [0.3, 0.4) is 0 Å². The zero-order valence-electron chi connectivity index (χ0n) is 13.8. The number of hydrogen-bond acceptors (Lipinski definition) is 3. The zero-order chi connectivity index (χ0) is 17.4. The van der Waals surface area contributed by atoms with E-state index in [1.54, 1.807) is 12.2 Å². The predicted octanol–water partition coefficient (Wildman–Crippen LogP) is 5.29.